The van der Waals surface area contributed by atoms with E-state index in [1.54, 1.807) is 66.7 Å². The van der Waals surface area contributed by atoms with E-state index in [4.69, 9.17) is 12.2 Å². The van der Waals surface area contributed by atoms with E-state index in [9.17, 15) is 14.4 Å². The number of aryl methyl sites for hydroxylation is 1. The molecule has 4 N–H and O–H groups in total. The Bertz CT molecular complexity index is 1120. The number of carbonyl (C=O) groups excluding carboxylic acids is 3. The molecule has 0 spiro atoms. The van der Waals surface area contributed by atoms with Crippen LogP contribution in [0.1, 0.15) is 36.6 Å². The van der Waals surface area contributed by atoms with Crippen LogP contribution in [0.3, 0.4) is 0 Å². The molecule has 0 aromatic heterocycles. The lowest BCUT2D eigenvalue weighted by Gasteiger charge is -2.11. The minimum absolute atomic E-state index is 0.0377. The third kappa shape index (κ3) is 6.22. The van der Waals surface area contributed by atoms with Gasteiger partial charge in [-0.1, -0.05) is 35.9 Å². The van der Waals surface area contributed by atoms with Crippen LogP contribution in [0, 0.1) is 6.92 Å². The van der Waals surface area contributed by atoms with Crippen LogP contribution in [0.25, 0.3) is 0 Å². The van der Waals surface area contributed by atoms with Gasteiger partial charge in [-0.2, -0.15) is 0 Å². The first kappa shape index (κ1) is 21.7. The van der Waals surface area contributed by atoms with E-state index < -0.39 is 5.91 Å². The summed E-state index contributed by atoms with van der Waals surface area (Å²) >= 11 is 5.02. The van der Waals surface area contributed by atoms with Gasteiger partial charge in [0.2, 0.25) is 0 Å². The molecule has 0 heterocycles. The highest BCUT2D eigenvalue weighted by Gasteiger charge is 2.10. The van der Waals surface area contributed by atoms with Crippen LogP contribution in [0.2, 0.25) is 0 Å². The van der Waals surface area contributed by atoms with Gasteiger partial charge < -0.3 is 5.32 Å². The molecule has 8 heteroatoms. The van der Waals surface area contributed by atoms with Crippen molar-refractivity contribution in [2.45, 2.75) is 6.92 Å². The number of benzene rings is 3. The van der Waals surface area contributed by atoms with E-state index in [0.29, 0.717) is 22.4 Å². The molecule has 0 radical (unpaired) electrons. The van der Waals surface area contributed by atoms with Crippen molar-refractivity contribution in [1.82, 2.24) is 16.2 Å². The minimum Gasteiger partial charge on any atom is -0.322 e. The molecule has 156 valence electrons. The summed E-state index contributed by atoms with van der Waals surface area (Å²) in [5.41, 5.74) is 7.79. The highest BCUT2D eigenvalue weighted by Crippen LogP contribution is 2.12. The van der Waals surface area contributed by atoms with E-state index in [1.807, 2.05) is 19.1 Å². The lowest BCUT2D eigenvalue weighted by Crippen LogP contribution is -2.48. The fourth-order valence-corrected chi connectivity index (χ4v) is 2.82. The summed E-state index contributed by atoms with van der Waals surface area (Å²) in [5, 5.41) is 5.22. The molecule has 0 bridgehead atoms. The lowest BCUT2D eigenvalue weighted by molar-refractivity contribution is 0.0934. The number of nitrogens with one attached hydrogen (secondary N) is 4. The van der Waals surface area contributed by atoms with Crippen LogP contribution in [-0.2, 0) is 0 Å². The fraction of sp³-hybridized carbons (Fsp3) is 0.0435. The Labute approximate surface area is 184 Å². The highest BCUT2D eigenvalue weighted by molar-refractivity contribution is 7.80. The number of anilines is 1. The highest BCUT2D eigenvalue weighted by atomic mass is 32.1. The first-order valence-electron chi connectivity index (χ1n) is 9.37. The molecule has 0 fully saturated rings. The summed E-state index contributed by atoms with van der Waals surface area (Å²) in [4.78, 5) is 36.6. The Balaban J connectivity index is 1.50. The molecule has 0 saturated carbocycles. The molecule has 3 rings (SSSR count). The zero-order chi connectivity index (χ0) is 22.2. The Morgan fingerprint density at radius 1 is 0.677 bits per heavy atom. The monoisotopic (exact) mass is 432 g/mol. The van der Waals surface area contributed by atoms with Gasteiger partial charge in [-0.05, 0) is 67.7 Å². The molecule has 0 aliphatic rings. The first-order chi connectivity index (χ1) is 14.9. The molecule has 3 aromatic carbocycles. The van der Waals surface area contributed by atoms with E-state index in [-0.39, 0.29) is 16.9 Å². The van der Waals surface area contributed by atoms with Crippen LogP contribution in [0.4, 0.5) is 5.69 Å². The second kappa shape index (κ2) is 10.1. The largest absolute Gasteiger partial charge is 0.322 e. The average Bonchev–Trinajstić information content (AvgIpc) is 2.78. The molecule has 0 saturated heterocycles. The normalized spacial score (nSPS) is 9.97. The third-order valence-corrected chi connectivity index (χ3v) is 4.44. The van der Waals surface area contributed by atoms with Crippen LogP contribution in [0.5, 0.6) is 0 Å². The van der Waals surface area contributed by atoms with Gasteiger partial charge in [0.15, 0.2) is 5.11 Å². The van der Waals surface area contributed by atoms with E-state index in [2.05, 4.69) is 21.5 Å². The number of amides is 3. The molecule has 31 heavy (non-hydrogen) atoms. The van der Waals surface area contributed by atoms with Crippen LogP contribution in [0.15, 0.2) is 78.9 Å². The van der Waals surface area contributed by atoms with Crippen molar-refractivity contribution < 1.29 is 14.4 Å². The Hall–Kier alpha value is -4.04. The predicted molar refractivity (Wildman–Crippen MR) is 123 cm³/mol. The summed E-state index contributed by atoms with van der Waals surface area (Å²) in [7, 11) is 0. The number of hydrogen-bond donors (Lipinski definition) is 4. The van der Waals surface area contributed by atoms with Gasteiger partial charge >= 0.3 is 0 Å². The van der Waals surface area contributed by atoms with Crippen molar-refractivity contribution in [3.8, 4) is 0 Å². The number of rotatable bonds is 4. The smallest absolute Gasteiger partial charge is 0.269 e. The Morgan fingerprint density at radius 2 is 1.32 bits per heavy atom. The second-order valence-electron chi connectivity index (χ2n) is 6.63. The van der Waals surface area contributed by atoms with E-state index in [1.165, 1.54) is 0 Å². The quantitative estimate of drug-likeness (QED) is 0.375. The molecule has 0 unspecified atom stereocenters. The molecule has 7 nitrogen and oxygen atoms in total. The number of hydrazine groups is 1. The van der Waals surface area contributed by atoms with Crippen LogP contribution < -0.4 is 21.5 Å². The summed E-state index contributed by atoms with van der Waals surface area (Å²) in [6.45, 7) is 1.91. The molecule has 3 amide bonds. The number of thiocarbonyl (C=S) groups is 1. The van der Waals surface area contributed by atoms with Crippen molar-refractivity contribution in [1.29, 1.82) is 0 Å². The molecule has 3 aromatic rings. The third-order valence-electron chi connectivity index (χ3n) is 4.24. The van der Waals surface area contributed by atoms with Gasteiger partial charge in [-0.25, -0.2) is 0 Å². The topological polar surface area (TPSA) is 99.3 Å². The van der Waals surface area contributed by atoms with Crippen LogP contribution in [-0.4, -0.2) is 22.8 Å². The summed E-state index contributed by atoms with van der Waals surface area (Å²) in [5.74, 6) is -1.07. The average molecular weight is 433 g/mol. The second-order valence-corrected chi connectivity index (χ2v) is 7.04. The molecule has 0 aliphatic carbocycles. The Morgan fingerprint density at radius 3 is 2.00 bits per heavy atom. The number of hydrogen-bond acceptors (Lipinski definition) is 4. The maximum absolute atomic E-state index is 12.3. The zero-order valence-electron chi connectivity index (χ0n) is 16.6. The van der Waals surface area contributed by atoms with Gasteiger partial charge in [0.05, 0.1) is 0 Å². The molecule has 0 aliphatic heterocycles. The van der Waals surface area contributed by atoms with Crippen molar-refractivity contribution in [3.05, 3.63) is 101 Å². The van der Waals surface area contributed by atoms with Crippen molar-refractivity contribution >= 4 is 40.7 Å². The molecule has 0 atom stereocenters. The summed E-state index contributed by atoms with van der Waals surface area (Å²) in [6, 6.07) is 22.2. The van der Waals surface area contributed by atoms with Gasteiger partial charge in [0.25, 0.3) is 17.7 Å². The fourth-order valence-electron chi connectivity index (χ4n) is 2.68. The standard InChI is InChI=1S/C23H20N4O3S/c1-15-6-5-9-18(14-15)21(29)24-19-12-10-17(11-13-19)22(30)26-27-23(31)25-20(28)16-7-3-2-4-8-16/h2-14H,1H3,(H,24,29)(H,26,30)(H2,25,27,28,31). The molecular formula is C23H20N4O3S. The van der Waals surface area contributed by atoms with E-state index >= 15 is 0 Å². The van der Waals surface area contributed by atoms with Gasteiger partial charge in [-0.3, -0.25) is 30.6 Å². The van der Waals surface area contributed by atoms with E-state index in [0.717, 1.165) is 5.56 Å². The Kier molecular flexibility index (Phi) is 7.08. The van der Waals surface area contributed by atoms with Crippen molar-refractivity contribution in [2.75, 3.05) is 5.32 Å². The summed E-state index contributed by atoms with van der Waals surface area (Å²) in [6.07, 6.45) is 0. The minimum atomic E-state index is -0.451. The van der Waals surface area contributed by atoms with Gasteiger partial charge in [-0.15, -0.1) is 0 Å². The SMILES string of the molecule is Cc1cccc(C(=O)Nc2ccc(C(=O)NNC(=S)NC(=O)c3ccccc3)cc2)c1. The molecular weight excluding hydrogens is 412 g/mol. The lowest BCUT2D eigenvalue weighted by atomic mass is 10.1. The first-order valence-corrected chi connectivity index (χ1v) is 9.78. The van der Waals surface area contributed by atoms with Crippen molar-refractivity contribution in [2.24, 2.45) is 0 Å². The maximum Gasteiger partial charge on any atom is 0.269 e. The predicted octanol–water partition coefficient (Wildman–Crippen LogP) is 3.20. The number of carbonyl (C=O) groups is 3. The summed E-state index contributed by atoms with van der Waals surface area (Å²) < 4.78 is 0. The maximum atomic E-state index is 12.3. The van der Waals surface area contributed by atoms with Crippen molar-refractivity contribution in [3.63, 3.8) is 0 Å². The van der Waals surface area contributed by atoms with Gasteiger partial charge in [0, 0.05) is 22.4 Å². The van der Waals surface area contributed by atoms with Crippen LogP contribution >= 0.6 is 12.2 Å². The zero-order valence-corrected chi connectivity index (χ0v) is 17.5. The van der Waals surface area contributed by atoms with Gasteiger partial charge in [0.1, 0.15) is 0 Å².